The maximum absolute atomic E-state index is 14.2. The van der Waals surface area contributed by atoms with Crippen molar-refractivity contribution < 1.29 is 13.8 Å². The summed E-state index contributed by atoms with van der Waals surface area (Å²) in [6, 6.07) is 8.28. The van der Waals surface area contributed by atoms with Crippen LogP contribution in [0.1, 0.15) is 113 Å². The van der Waals surface area contributed by atoms with Crippen LogP contribution in [0.25, 0.3) is 11.5 Å². The van der Waals surface area contributed by atoms with Gasteiger partial charge < -0.3 is 13.9 Å². The van der Waals surface area contributed by atoms with E-state index in [1.807, 2.05) is 12.1 Å². The molecule has 2 amide bonds. The van der Waals surface area contributed by atoms with Crippen LogP contribution in [0, 0.1) is 11.3 Å². The van der Waals surface area contributed by atoms with Crippen LogP contribution in [0.15, 0.2) is 33.3 Å². The molecule has 0 unspecified atom stereocenters. The van der Waals surface area contributed by atoms with Gasteiger partial charge in [0.25, 0.3) is 5.89 Å². The second-order valence-electron chi connectivity index (χ2n) is 13.8. The third kappa shape index (κ3) is 4.75. The molecule has 1 aliphatic heterocycles. The topological polar surface area (TPSA) is 101 Å². The van der Waals surface area contributed by atoms with E-state index < -0.39 is 0 Å². The maximum atomic E-state index is 14.2. The minimum absolute atomic E-state index is 0.0108. The molecule has 0 atom stereocenters. The molecule has 5 aliphatic carbocycles. The van der Waals surface area contributed by atoms with Crippen molar-refractivity contribution in [2.75, 3.05) is 24.5 Å². The molecule has 9 nitrogen and oxygen atoms in total. The zero-order valence-corrected chi connectivity index (χ0v) is 24.1. The van der Waals surface area contributed by atoms with Gasteiger partial charge in [-0.05, 0) is 107 Å². The number of nitrogens with zero attached hydrogens (tertiary/aromatic N) is 6. The van der Waals surface area contributed by atoms with Crippen LogP contribution >= 0.6 is 0 Å². The fraction of sp³-hybridized carbons (Fsp3) is 0.656. The Hall–Kier alpha value is -3.23. The molecule has 5 saturated carbocycles. The number of aromatic nitrogens is 4. The van der Waals surface area contributed by atoms with Crippen molar-refractivity contribution in [2.24, 2.45) is 11.3 Å². The number of amides is 2. The Morgan fingerprint density at radius 1 is 0.902 bits per heavy atom. The van der Waals surface area contributed by atoms with Crippen LogP contribution in [0.3, 0.4) is 0 Å². The second kappa shape index (κ2) is 9.66. The van der Waals surface area contributed by atoms with Gasteiger partial charge in [0.15, 0.2) is 11.6 Å². The fourth-order valence-electron chi connectivity index (χ4n) is 7.42. The summed E-state index contributed by atoms with van der Waals surface area (Å²) >= 11 is 0. The van der Waals surface area contributed by atoms with E-state index in [-0.39, 0.29) is 16.9 Å². The van der Waals surface area contributed by atoms with Crippen LogP contribution in [-0.4, -0.2) is 50.8 Å². The SMILES string of the molecule is CC1CCN(C(=O)N(CC23CCC(c4nc(C5CC5)no4)(CC2)CC3)c2cccc(-c3nc(C4CC4)no3)c2)CC1. The summed E-state index contributed by atoms with van der Waals surface area (Å²) in [7, 11) is 0. The number of hydrogen-bond acceptors (Lipinski definition) is 7. The summed E-state index contributed by atoms with van der Waals surface area (Å²) < 4.78 is 11.5. The van der Waals surface area contributed by atoms with Gasteiger partial charge in [0, 0.05) is 48.1 Å². The van der Waals surface area contributed by atoms with E-state index in [1.165, 1.54) is 12.8 Å². The predicted octanol–water partition coefficient (Wildman–Crippen LogP) is 6.82. The summed E-state index contributed by atoms with van der Waals surface area (Å²) in [5.74, 6) is 4.73. The van der Waals surface area contributed by atoms with Gasteiger partial charge in [-0.2, -0.15) is 9.97 Å². The normalized spacial score (nSPS) is 28.3. The number of piperidine rings is 1. The number of fused-ring (bicyclic) bond motifs is 3. The first-order valence-corrected chi connectivity index (χ1v) is 15.8. The Labute approximate surface area is 241 Å². The number of carbonyl (C=O) groups is 1. The Morgan fingerprint density at radius 2 is 1.56 bits per heavy atom. The van der Waals surface area contributed by atoms with Crippen molar-refractivity contribution in [1.29, 1.82) is 0 Å². The van der Waals surface area contributed by atoms with Gasteiger partial charge in [-0.3, -0.25) is 4.90 Å². The quantitative estimate of drug-likeness (QED) is 0.314. The monoisotopic (exact) mass is 556 g/mol. The molecule has 1 aromatic carbocycles. The highest BCUT2D eigenvalue weighted by Gasteiger charge is 2.53. The van der Waals surface area contributed by atoms with Crippen LogP contribution in [0.2, 0.25) is 0 Å². The second-order valence-corrected chi connectivity index (χ2v) is 13.8. The molecule has 9 rings (SSSR count). The van der Waals surface area contributed by atoms with Gasteiger partial charge in [0.2, 0.25) is 5.89 Å². The number of likely N-dealkylation sites (tertiary alicyclic amines) is 1. The molecule has 9 heteroatoms. The van der Waals surface area contributed by atoms with E-state index >= 15 is 0 Å². The molecule has 41 heavy (non-hydrogen) atoms. The molecule has 1 saturated heterocycles. The summed E-state index contributed by atoms with van der Waals surface area (Å²) in [5, 5.41) is 8.56. The Bertz CT molecular complexity index is 1410. The summed E-state index contributed by atoms with van der Waals surface area (Å²) in [4.78, 5) is 27.9. The van der Waals surface area contributed by atoms with Gasteiger partial charge in [0.1, 0.15) is 0 Å². The van der Waals surface area contributed by atoms with E-state index in [4.69, 9.17) is 14.0 Å². The van der Waals surface area contributed by atoms with E-state index in [1.54, 1.807) is 0 Å². The Morgan fingerprint density at radius 3 is 2.24 bits per heavy atom. The van der Waals surface area contributed by atoms with Gasteiger partial charge in [0.05, 0.1) is 0 Å². The van der Waals surface area contributed by atoms with E-state index in [0.29, 0.717) is 23.6 Å². The molecule has 216 valence electrons. The first-order valence-electron chi connectivity index (χ1n) is 15.8. The fourth-order valence-corrected chi connectivity index (χ4v) is 7.42. The maximum Gasteiger partial charge on any atom is 0.324 e. The van der Waals surface area contributed by atoms with Crippen molar-refractivity contribution in [2.45, 2.75) is 101 Å². The molecule has 6 aliphatic rings. The smallest absolute Gasteiger partial charge is 0.324 e. The standard InChI is InChI=1S/C32H40N6O3/c1-21-9-17-37(18-10-21)30(39)38(25-4-2-3-24(19-25)28-33-26(35-40-28)22-5-6-22)20-31-11-14-32(15-12-31,16-13-31)29-34-27(36-41-29)23-7-8-23/h2-4,19,21-23H,5-18,20H2,1H3. The molecule has 2 aromatic heterocycles. The zero-order valence-electron chi connectivity index (χ0n) is 24.1. The highest BCUT2D eigenvalue weighted by Crippen LogP contribution is 2.58. The first-order chi connectivity index (χ1) is 20.0. The lowest BCUT2D eigenvalue weighted by Crippen LogP contribution is -2.54. The molecular weight excluding hydrogens is 516 g/mol. The van der Waals surface area contributed by atoms with Crippen LogP contribution in [0.4, 0.5) is 10.5 Å². The summed E-state index contributed by atoms with van der Waals surface area (Å²) in [6.07, 6.45) is 13.1. The van der Waals surface area contributed by atoms with Crippen LogP contribution < -0.4 is 4.90 Å². The predicted molar refractivity (Wildman–Crippen MR) is 153 cm³/mol. The molecule has 0 spiro atoms. The van der Waals surface area contributed by atoms with E-state index in [0.717, 1.165) is 113 Å². The summed E-state index contributed by atoms with van der Waals surface area (Å²) in [6.45, 7) is 4.66. The molecule has 3 aromatic rings. The molecule has 2 bridgehead atoms. The lowest BCUT2D eigenvalue weighted by atomic mass is 9.53. The third-order valence-corrected chi connectivity index (χ3v) is 10.8. The van der Waals surface area contributed by atoms with Gasteiger partial charge >= 0.3 is 6.03 Å². The largest absolute Gasteiger partial charge is 0.339 e. The van der Waals surface area contributed by atoms with Gasteiger partial charge in [-0.25, -0.2) is 4.79 Å². The number of anilines is 1. The van der Waals surface area contributed by atoms with Crippen molar-refractivity contribution >= 4 is 11.7 Å². The van der Waals surface area contributed by atoms with Crippen LogP contribution in [0.5, 0.6) is 0 Å². The third-order valence-electron chi connectivity index (χ3n) is 10.8. The molecule has 3 heterocycles. The van der Waals surface area contributed by atoms with Crippen molar-refractivity contribution in [1.82, 2.24) is 25.2 Å². The highest BCUT2D eigenvalue weighted by molar-refractivity contribution is 5.93. The first kappa shape index (κ1) is 25.5. The van der Waals surface area contributed by atoms with Crippen molar-refractivity contribution in [3.05, 3.63) is 41.8 Å². The Balaban J connectivity index is 1.05. The summed E-state index contributed by atoms with van der Waals surface area (Å²) in [5.41, 5.74) is 1.90. The average Bonchev–Trinajstić information content (AvgIpc) is 3.95. The molecule has 6 fully saturated rings. The van der Waals surface area contributed by atoms with E-state index in [2.05, 4.69) is 44.2 Å². The minimum Gasteiger partial charge on any atom is -0.339 e. The van der Waals surface area contributed by atoms with Crippen molar-refractivity contribution in [3.63, 3.8) is 0 Å². The number of rotatable bonds is 7. The lowest BCUT2D eigenvalue weighted by molar-refractivity contribution is 0.0281. The van der Waals surface area contributed by atoms with Gasteiger partial charge in [-0.15, -0.1) is 0 Å². The van der Waals surface area contributed by atoms with Crippen LogP contribution in [-0.2, 0) is 5.41 Å². The molecule has 0 N–H and O–H groups in total. The number of benzene rings is 1. The number of hydrogen-bond donors (Lipinski definition) is 0. The lowest BCUT2D eigenvalue weighted by Gasteiger charge is -2.53. The van der Waals surface area contributed by atoms with Gasteiger partial charge in [-0.1, -0.05) is 23.3 Å². The highest BCUT2D eigenvalue weighted by atomic mass is 16.5. The average molecular weight is 557 g/mol. The number of carbonyl (C=O) groups excluding carboxylic acids is 1. The van der Waals surface area contributed by atoms with Crippen molar-refractivity contribution in [3.8, 4) is 11.5 Å². The Kier molecular flexibility index (Phi) is 6.01. The number of urea groups is 1. The molecular formula is C32H40N6O3. The minimum atomic E-state index is 0.0108. The van der Waals surface area contributed by atoms with E-state index in [9.17, 15) is 4.79 Å². The molecule has 0 radical (unpaired) electrons. The zero-order chi connectivity index (χ0) is 27.6.